The topological polar surface area (TPSA) is 128 Å². The number of carbonyl (C=O) groups excluding carboxylic acids is 3. The van der Waals surface area contributed by atoms with Crippen LogP contribution in [0, 0.1) is 37.8 Å². The predicted molar refractivity (Wildman–Crippen MR) is 110 cm³/mol. The van der Waals surface area contributed by atoms with Crippen LogP contribution >= 0.6 is 0 Å². The van der Waals surface area contributed by atoms with Crippen LogP contribution in [-0.4, -0.2) is 35.9 Å². The number of anilines is 1. The van der Waals surface area contributed by atoms with E-state index in [2.05, 4.69) is 10.6 Å². The summed E-state index contributed by atoms with van der Waals surface area (Å²) in [4.78, 5) is 46.3. The number of nitrogens with zero attached hydrogens (tertiary/aromatic N) is 1. The molecular formula is C21H23N3O6. The summed E-state index contributed by atoms with van der Waals surface area (Å²) in [6, 6.07) is 7.78. The van der Waals surface area contributed by atoms with E-state index in [4.69, 9.17) is 4.74 Å². The van der Waals surface area contributed by atoms with Crippen molar-refractivity contribution in [2.75, 3.05) is 18.5 Å². The van der Waals surface area contributed by atoms with Gasteiger partial charge in [0.15, 0.2) is 6.61 Å². The first-order chi connectivity index (χ1) is 14.1. The van der Waals surface area contributed by atoms with Crippen LogP contribution in [0.15, 0.2) is 30.3 Å². The smallest absolute Gasteiger partial charge is 0.338 e. The minimum atomic E-state index is -0.872. The maximum atomic E-state index is 12.1. The average molecular weight is 413 g/mol. The minimum Gasteiger partial charge on any atom is -0.452 e. The Morgan fingerprint density at radius 2 is 1.60 bits per heavy atom. The standard InChI is InChI=1S/C21H23N3O6/c1-12-7-14(3)20(15(4)8-12)23-18(25)10-22-19(26)11-30-21(27)16-6-5-13(2)17(9-16)24(28)29/h5-9H,10-11H2,1-4H3,(H,22,26)(H,23,25). The monoisotopic (exact) mass is 413 g/mol. The van der Waals surface area contributed by atoms with Crippen LogP contribution in [0.3, 0.4) is 0 Å². The van der Waals surface area contributed by atoms with Crippen molar-refractivity contribution in [3.63, 3.8) is 0 Å². The number of esters is 1. The van der Waals surface area contributed by atoms with Gasteiger partial charge >= 0.3 is 5.97 Å². The Hall–Kier alpha value is -3.75. The molecule has 2 N–H and O–H groups in total. The molecule has 0 aliphatic rings. The van der Waals surface area contributed by atoms with E-state index >= 15 is 0 Å². The molecule has 0 bridgehead atoms. The number of rotatable bonds is 7. The fourth-order valence-corrected chi connectivity index (χ4v) is 2.94. The third kappa shape index (κ3) is 5.87. The molecule has 158 valence electrons. The van der Waals surface area contributed by atoms with Crippen molar-refractivity contribution in [3.8, 4) is 0 Å². The molecule has 9 nitrogen and oxygen atoms in total. The Balaban J connectivity index is 1.85. The quantitative estimate of drug-likeness (QED) is 0.408. The molecule has 0 aliphatic heterocycles. The largest absolute Gasteiger partial charge is 0.452 e. The molecule has 9 heteroatoms. The number of nitro groups is 1. The molecule has 2 aromatic carbocycles. The van der Waals surface area contributed by atoms with Crippen molar-refractivity contribution in [3.05, 3.63) is 68.3 Å². The van der Waals surface area contributed by atoms with Gasteiger partial charge in [0.1, 0.15) is 0 Å². The molecular weight excluding hydrogens is 390 g/mol. The molecule has 0 radical (unpaired) electrons. The number of hydrogen-bond acceptors (Lipinski definition) is 6. The maximum absolute atomic E-state index is 12.1. The number of nitrogens with one attached hydrogen (secondary N) is 2. The maximum Gasteiger partial charge on any atom is 0.338 e. The second kappa shape index (κ2) is 9.64. The van der Waals surface area contributed by atoms with E-state index in [-0.39, 0.29) is 17.8 Å². The van der Waals surface area contributed by atoms with Gasteiger partial charge in [-0.1, -0.05) is 23.8 Å². The number of benzene rings is 2. The van der Waals surface area contributed by atoms with Gasteiger partial charge in [-0.3, -0.25) is 19.7 Å². The molecule has 0 fully saturated rings. The second-order valence-electron chi connectivity index (χ2n) is 6.93. The van der Waals surface area contributed by atoms with Gasteiger partial charge in [-0.15, -0.1) is 0 Å². The lowest BCUT2D eigenvalue weighted by molar-refractivity contribution is -0.385. The van der Waals surface area contributed by atoms with Gasteiger partial charge in [-0.25, -0.2) is 4.79 Å². The number of carbonyl (C=O) groups is 3. The molecule has 0 saturated carbocycles. The van der Waals surface area contributed by atoms with Gasteiger partial charge in [0.25, 0.3) is 11.6 Å². The number of ether oxygens (including phenoxy) is 1. The predicted octanol–water partition coefficient (Wildman–Crippen LogP) is 2.74. The number of amides is 2. The zero-order valence-electron chi connectivity index (χ0n) is 17.2. The Morgan fingerprint density at radius 3 is 2.20 bits per heavy atom. The first-order valence-electron chi connectivity index (χ1n) is 9.15. The van der Waals surface area contributed by atoms with Crippen LogP contribution in [0.1, 0.15) is 32.6 Å². The fraction of sp³-hybridized carbons (Fsp3) is 0.286. The lowest BCUT2D eigenvalue weighted by Crippen LogP contribution is -2.35. The summed E-state index contributed by atoms with van der Waals surface area (Å²) in [7, 11) is 0. The van der Waals surface area contributed by atoms with Crippen LogP contribution in [0.5, 0.6) is 0 Å². The third-order valence-corrected chi connectivity index (χ3v) is 4.36. The van der Waals surface area contributed by atoms with E-state index in [9.17, 15) is 24.5 Å². The molecule has 0 unspecified atom stereocenters. The van der Waals surface area contributed by atoms with Crippen LogP contribution in [0.2, 0.25) is 0 Å². The van der Waals surface area contributed by atoms with Crippen molar-refractivity contribution < 1.29 is 24.0 Å². The first kappa shape index (κ1) is 22.5. The molecule has 0 aromatic heterocycles. The van der Waals surface area contributed by atoms with Crippen molar-refractivity contribution in [2.45, 2.75) is 27.7 Å². The molecule has 0 heterocycles. The molecule has 2 aromatic rings. The summed E-state index contributed by atoms with van der Waals surface area (Å²) in [5, 5.41) is 16.1. The van der Waals surface area contributed by atoms with Crippen LogP contribution < -0.4 is 10.6 Å². The lowest BCUT2D eigenvalue weighted by Gasteiger charge is -2.13. The van der Waals surface area contributed by atoms with Crippen molar-refractivity contribution in [2.24, 2.45) is 0 Å². The highest BCUT2D eigenvalue weighted by Gasteiger charge is 2.17. The van der Waals surface area contributed by atoms with Crippen LogP contribution in [-0.2, 0) is 14.3 Å². The Bertz CT molecular complexity index is 993. The van der Waals surface area contributed by atoms with Crippen molar-refractivity contribution in [1.82, 2.24) is 5.32 Å². The van der Waals surface area contributed by atoms with E-state index in [1.807, 2.05) is 32.9 Å². The summed E-state index contributed by atoms with van der Waals surface area (Å²) >= 11 is 0. The number of nitro benzene ring substituents is 1. The van der Waals surface area contributed by atoms with E-state index in [0.29, 0.717) is 11.3 Å². The van der Waals surface area contributed by atoms with E-state index in [1.54, 1.807) is 6.92 Å². The summed E-state index contributed by atoms with van der Waals surface area (Å²) in [6.45, 7) is 6.36. The number of aryl methyl sites for hydroxylation is 4. The number of hydrogen-bond donors (Lipinski definition) is 2. The van der Waals surface area contributed by atoms with Gasteiger partial charge < -0.3 is 15.4 Å². The lowest BCUT2D eigenvalue weighted by atomic mass is 10.1. The van der Waals surface area contributed by atoms with Gasteiger partial charge in [0, 0.05) is 17.3 Å². The van der Waals surface area contributed by atoms with Gasteiger partial charge in [0.2, 0.25) is 5.91 Å². The van der Waals surface area contributed by atoms with Gasteiger partial charge in [0.05, 0.1) is 17.0 Å². The summed E-state index contributed by atoms with van der Waals surface area (Å²) in [5.41, 5.74) is 3.74. The van der Waals surface area contributed by atoms with Crippen LogP contribution in [0.4, 0.5) is 11.4 Å². The van der Waals surface area contributed by atoms with E-state index in [1.165, 1.54) is 12.1 Å². The Kier molecular flexibility index (Phi) is 7.24. The molecule has 0 saturated heterocycles. The molecule has 0 atom stereocenters. The molecule has 0 spiro atoms. The second-order valence-corrected chi connectivity index (χ2v) is 6.93. The van der Waals surface area contributed by atoms with Gasteiger partial charge in [-0.2, -0.15) is 0 Å². The molecule has 0 aliphatic carbocycles. The van der Waals surface area contributed by atoms with Gasteiger partial charge in [-0.05, 0) is 44.9 Å². The van der Waals surface area contributed by atoms with E-state index < -0.39 is 29.3 Å². The summed E-state index contributed by atoms with van der Waals surface area (Å²) in [5.74, 6) is -1.96. The zero-order chi connectivity index (χ0) is 22.4. The SMILES string of the molecule is Cc1cc(C)c(NC(=O)CNC(=O)COC(=O)c2ccc(C)c([N+](=O)[O-])c2)c(C)c1. The fourth-order valence-electron chi connectivity index (χ4n) is 2.94. The highest BCUT2D eigenvalue weighted by atomic mass is 16.6. The zero-order valence-corrected chi connectivity index (χ0v) is 17.2. The summed E-state index contributed by atoms with van der Waals surface area (Å²) in [6.07, 6.45) is 0. The molecule has 2 rings (SSSR count). The van der Waals surface area contributed by atoms with Crippen molar-refractivity contribution >= 4 is 29.2 Å². The summed E-state index contributed by atoms with van der Waals surface area (Å²) < 4.78 is 4.86. The molecule has 2 amide bonds. The van der Waals surface area contributed by atoms with E-state index in [0.717, 1.165) is 22.8 Å². The third-order valence-electron chi connectivity index (χ3n) is 4.36. The average Bonchev–Trinajstić information content (AvgIpc) is 2.67. The highest BCUT2D eigenvalue weighted by molar-refractivity contribution is 5.96. The Labute approximate surface area is 173 Å². The minimum absolute atomic E-state index is 0.0387. The first-order valence-corrected chi connectivity index (χ1v) is 9.15. The highest BCUT2D eigenvalue weighted by Crippen LogP contribution is 2.22. The Morgan fingerprint density at radius 1 is 0.967 bits per heavy atom. The molecule has 30 heavy (non-hydrogen) atoms. The van der Waals surface area contributed by atoms with Crippen LogP contribution in [0.25, 0.3) is 0 Å². The normalized spacial score (nSPS) is 10.3. The van der Waals surface area contributed by atoms with Crippen molar-refractivity contribution in [1.29, 1.82) is 0 Å².